The molecule has 1 atom stereocenters. The molecule has 0 radical (unpaired) electrons. The monoisotopic (exact) mass is 257 g/mol. The van der Waals surface area contributed by atoms with E-state index >= 15 is 0 Å². The van der Waals surface area contributed by atoms with Crippen LogP contribution in [0.1, 0.15) is 79.1 Å². The highest BCUT2D eigenvalue weighted by Gasteiger charge is 2.25. The SMILES string of the molecule is CCCCCCC(CCC)CC(C)(C)OC(N)=O. The molecule has 0 aromatic rings. The van der Waals surface area contributed by atoms with E-state index in [1.54, 1.807) is 0 Å². The Labute approximate surface area is 112 Å². The second kappa shape index (κ2) is 9.23. The summed E-state index contributed by atoms with van der Waals surface area (Å²) in [5.74, 6) is 0.640. The fraction of sp³-hybridized carbons (Fsp3) is 0.933. The van der Waals surface area contributed by atoms with Crippen LogP contribution in [0.25, 0.3) is 0 Å². The summed E-state index contributed by atoms with van der Waals surface area (Å²) < 4.78 is 5.18. The van der Waals surface area contributed by atoms with Crippen LogP contribution in [0.4, 0.5) is 4.79 Å². The molecule has 0 aromatic carbocycles. The third kappa shape index (κ3) is 9.32. The van der Waals surface area contributed by atoms with Gasteiger partial charge >= 0.3 is 6.09 Å². The molecule has 108 valence electrons. The average molecular weight is 257 g/mol. The maximum atomic E-state index is 10.9. The van der Waals surface area contributed by atoms with E-state index in [4.69, 9.17) is 10.5 Å². The van der Waals surface area contributed by atoms with Crippen LogP contribution < -0.4 is 5.73 Å². The number of carbonyl (C=O) groups is 1. The van der Waals surface area contributed by atoms with Crippen molar-refractivity contribution in [2.24, 2.45) is 11.7 Å². The summed E-state index contributed by atoms with van der Waals surface area (Å²) in [6, 6.07) is 0. The molecule has 0 aliphatic rings. The Kier molecular flexibility index (Phi) is 8.86. The van der Waals surface area contributed by atoms with Gasteiger partial charge in [-0.1, -0.05) is 58.8 Å². The van der Waals surface area contributed by atoms with Crippen LogP contribution in [0, 0.1) is 5.92 Å². The molecule has 1 amide bonds. The number of carbonyl (C=O) groups excluding carboxylic acids is 1. The summed E-state index contributed by atoms with van der Waals surface area (Å²) in [4.78, 5) is 10.9. The molecule has 1 unspecified atom stereocenters. The average Bonchev–Trinajstić information content (AvgIpc) is 2.22. The molecule has 18 heavy (non-hydrogen) atoms. The molecule has 0 fully saturated rings. The lowest BCUT2D eigenvalue weighted by atomic mass is 9.86. The number of rotatable bonds is 10. The van der Waals surface area contributed by atoms with E-state index < -0.39 is 11.7 Å². The predicted octanol–water partition coefficient (Wildman–Crippen LogP) is 4.64. The highest BCUT2D eigenvalue weighted by Crippen LogP contribution is 2.28. The van der Waals surface area contributed by atoms with Gasteiger partial charge in [0.1, 0.15) is 5.60 Å². The highest BCUT2D eigenvalue weighted by molar-refractivity contribution is 5.65. The highest BCUT2D eigenvalue weighted by atomic mass is 16.6. The zero-order chi connectivity index (χ0) is 14.0. The summed E-state index contributed by atoms with van der Waals surface area (Å²) in [7, 11) is 0. The quantitative estimate of drug-likeness (QED) is 0.580. The minimum Gasteiger partial charge on any atom is -0.444 e. The molecule has 3 nitrogen and oxygen atoms in total. The molecule has 0 aliphatic heterocycles. The lowest BCUT2D eigenvalue weighted by Crippen LogP contribution is -2.33. The number of hydrogen-bond donors (Lipinski definition) is 1. The van der Waals surface area contributed by atoms with Gasteiger partial charge < -0.3 is 10.5 Å². The van der Waals surface area contributed by atoms with Crippen molar-refractivity contribution in [2.75, 3.05) is 0 Å². The molecule has 0 heterocycles. The van der Waals surface area contributed by atoms with E-state index in [1.165, 1.54) is 44.9 Å². The van der Waals surface area contributed by atoms with E-state index in [-0.39, 0.29) is 0 Å². The minimum absolute atomic E-state index is 0.434. The molecule has 2 N–H and O–H groups in total. The van der Waals surface area contributed by atoms with Crippen LogP contribution in [0.3, 0.4) is 0 Å². The number of ether oxygens (including phenoxy) is 1. The Bertz CT molecular complexity index is 227. The topological polar surface area (TPSA) is 52.3 Å². The van der Waals surface area contributed by atoms with E-state index in [0.717, 1.165) is 6.42 Å². The van der Waals surface area contributed by atoms with Gasteiger partial charge in [-0.2, -0.15) is 0 Å². The van der Waals surface area contributed by atoms with Gasteiger partial charge in [-0.05, 0) is 26.2 Å². The Hall–Kier alpha value is -0.730. The van der Waals surface area contributed by atoms with Crippen molar-refractivity contribution in [1.82, 2.24) is 0 Å². The summed E-state index contributed by atoms with van der Waals surface area (Å²) in [6.45, 7) is 8.34. The Morgan fingerprint density at radius 3 is 2.28 bits per heavy atom. The molecular weight excluding hydrogens is 226 g/mol. The lowest BCUT2D eigenvalue weighted by Gasteiger charge is -2.29. The van der Waals surface area contributed by atoms with Crippen molar-refractivity contribution in [1.29, 1.82) is 0 Å². The van der Waals surface area contributed by atoms with Crippen LogP contribution in [-0.4, -0.2) is 11.7 Å². The third-order valence-electron chi connectivity index (χ3n) is 3.32. The molecule has 0 saturated carbocycles. The number of amides is 1. The molecule has 0 saturated heterocycles. The van der Waals surface area contributed by atoms with Gasteiger partial charge in [0, 0.05) is 0 Å². The van der Waals surface area contributed by atoms with Crippen LogP contribution in [0.2, 0.25) is 0 Å². The van der Waals surface area contributed by atoms with E-state index in [1.807, 2.05) is 13.8 Å². The van der Waals surface area contributed by atoms with Crippen molar-refractivity contribution in [3.63, 3.8) is 0 Å². The van der Waals surface area contributed by atoms with E-state index in [9.17, 15) is 4.79 Å². The maximum absolute atomic E-state index is 10.9. The number of primary amides is 1. The fourth-order valence-electron chi connectivity index (χ4n) is 2.63. The van der Waals surface area contributed by atoms with Gasteiger partial charge in [-0.15, -0.1) is 0 Å². The van der Waals surface area contributed by atoms with Crippen molar-refractivity contribution in [2.45, 2.75) is 84.7 Å². The van der Waals surface area contributed by atoms with Crippen molar-refractivity contribution < 1.29 is 9.53 Å². The molecule has 0 bridgehead atoms. The summed E-state index contributed by atoms with van der Waals surface area (Å²) >= 11 is 0. The van der Waals surface area contributed by atoms with Crippen LogP contribution in [-0.2, 0) is 4.74 Å². The van der Waals surface area contributed by atoms with E-state index in [0.29, 0.717) is 5.92 Å². The van der Waals surface area contributed by atoms with Gasteiger partial charge in [0.15, 0.2) is 0 Å². The van der Waals surface area contributed by atoms with Gasteiger partial charge in [-0.3, -0.25) is 0 Å². The smallest absolute Gasteiger partial charge is 0.405 e. The van der Waals surface area contributed by atoms with Crippen LogP contribution >= 0.6 is 0 Å². The third-order valence-corrected chi connectivity index (χ3v) is 3.32. The lowest BCUT2D eigenvalue weighted by molar-refractivity contribution is 0.0240. The first-order valence-corrected chi connectivity index (χ1v) is 7.39. The van der Waals surface area contributed by atoms with Crippen LogP contribution in [0.15, 0.2) is 0 Å². The Morgan fingerprint density at radius 1 is 1.11 bits per heavy atom. The zero-order valence-electron chi connectivity index (χ0n) is 12.6. The van der Waals surface area contributed by atoms with Crippen molar-refractivity contribution in [3.8, 4) is 0 Å². The first-order valence-electron chi connectivity index (χ1n) is 7.39. The number of hydrogen-bond acceptors (Lipinski definition) is 2. The standard InChI is InChI=1S/C15H31NO2/c1-5-7-8-9-11-13(10-6-2)12-15(3,4)18-14(16)17/h13H,5-12H2,1-4H3,(H2,16,17). The number of unbranched alkanes of at least 4 members (excludes halogenated alkanes) is 3. The molecule has 0 rings (SSSR count). The van der Waals surface area contributed by atoms with Crippen molar-refractivity contribution in [3.05, 3.63) is 0 Å². The normalized spacial score (nSPS) is 13.3. The number of nitrogens with two attached hydrogens (primary N) is 1. The maximum Gasteiger partial charge on any atom is 0.405 e. The first-order chi connectivity index (χ1) is 8.41. The largest absolute Gasteiger partial charge is 0.444 e. The van der Waals surface area contributed by atoms with Gasteiger partial charge in [-0.25, -0.2) is 4.79 Å². The molecular formula is C15H31NO2. The van der Waals surface area contributed by atoms with Gasteiger partial charge in [0.25, 0.3) is 0 Å². The fourth-order valence-corrected chi connectivity index (χ4v) is 2.63. The molecule has 0 aromatic heterocycles. The van der Waals surface area contributed by atoms with Gasteiger partial charge in [0.05, 0.1) is 0 Å². The first kappa shape index (κ1) is 17.3. The molecule has 3 heteroatoms. The zero-order valence-corrected chi connectivity index (χ0v) is 12.6. The van der Waals surface area contributed by atoms with Crippen LogP contribution in [0.5, 0.6) is 0 Å². The summed E-state index contributed by atoms with van der Waals surface area (Å²) in [6.07, 6.45) is 9.06. The second-order valence-corrected chi connectivity index (χ2v) is 5.89. The Morgan fingerprint density at radius 2 is 1.78 bits per heavy atom. The summed E-state index contributed by atoms with van der Waals surface area (Å²) in [5.41, 5.74) is 4.67. The Balaban J connectivity index is 4.11. The molecule has 0 spiro atoms. The second-order valence-electron chi connectivity index (χ2n) is 5.89. The minimum atomic E-state index is -0.666. The van der Waals surface area contributed by atoms with Crippen molar-refractivity contribution >= 4 is 6.09 Å². The summed E-state index contributed by atoms with van der Waals surface area (Å²) in [5, 5.41) is 0. The predicted molar refractivity (Wildman–Crippen MR) is 76.5 cm³/mol. The molecule has 0 aliphatic carbocycles. The van der Waals surface area contributed by atoms with E-state index in [2.05, 4.69) is 13.8 Å². The van der Waals surface area contributed by atoms with Gasteiger partial charge in [0.2, 0.25) is 0 Å².